The van der Waals surface area contributed by atoms with Crippen molar-refractivity contribution >= 4 is 33.3 Å². The van der Waals surface area contributed by atoms with Crippen LogP contribution >= 0.6 is 0 Å². The van der Waals surface area contributed by atoms with E-state index in [0.717, 1.165) is 45.9 Å². The van der Waals surface area contributed by atoms with E-state index < -0.39 is 0 Å². The van der Waals surface area contributed by atoms with Crippen molar-refractivity contribution in [1.82, 2.24) is 4.57 Å². The number of hydrogen-bond donors (Lipinski definition) is 1. The smallest absolute Gasteiger partial charge is 0.257 e. The lowest BCUT2D eigenvalue weighted by Gasteiger charge is -2.08. The first kappa shape index (κ1) is 17.3. The van der Waals surface area contributed by atoms with Gasteiger partial charge in [-0.05, 0) is 23.9 Å². The number of unbranched alkanes of at least 4 members (excludes halogenated alkanes) is 2. The molecule has 27 heavy (non-hydrogen) atoms. The topological polar surface area (TPSA) is 34.0 Å². The van der Waals surface area contributed by atoms with Crippen LogP contribution in [0.3, 0.4) is 0 Å². The van der Waals surface area contributed by atoms with Crippen LogP contribution in [0, 0.1) is 0 Å². The van der Waals surface area contributed by atoms with Crippen molar-refractivity contribution in [2.45, 2.75) is 32.7 Å². The molecule has 0 saturated carbocycles. The summed E-state index contributed by atoms with van der Waals surface area (Å²) in [5.41, 5.74) is 2.70. The maximum atomic E-state index is 13.1. The highest BCUT2D eigenvalue weighted by Gasteiger charge is 2.15. The molecular formula is C24H24N2O. The molecule has 0 unspecified atom stereocenters. The van der Waals surface area contributed by atoms with Gasteiger partial charge in [-0.1, -0.05) is 74.4 Å². The summed E-state index contributed by atoms with van der Waals surface area (Å²) >= 11 is 0. The van der Waals surface area contributed by atoms with Gasteiger partial charge in [-0.25, -0.2) is 0 Å². The Bertz CT molecular complexity index is 1090. The molecule has 1 heterocycles. The van der Waals surface area contributed by atoms with Gasteiger partial charge in [0.25, 0.3) is 5.91 Å². The fourth-order valence-corrected chi connectivity index (χ4v) is 3.67. The Kier molecular flexibility index (Phi) is 4.93. The van der Waals surface area contributed by atoms with E-state index in [4.69, 9.17) is 0 Å². The SMILES string of the molecule is CCCCCn1cc(C(=O)Nc2cccc3ccccc23)c2ccccc21. The molecule has 1 aromatic heterocycles. The van der Waals surface area contributed by atoms with E-state index in [1.807, 2.05) is 54.7 Å². The van der Waals surface area contributed by atoms with E-state index >= 15 is 0 Å². The van der Waals surface area contributed by atoms with Crippen LogP contribution in [0.25, 0.3) is 21.7 Å². The summed E-state index contributed by atoms with van der Waals surface area (Å²) in [6.45, 7) is 3.15. The predicted molar refractivity (Wildman–Crippen MR) is 113 cm³/mol. The van der Waals surface area contributed by atoms with Crippen LogP contribution in [0.15, 0.2) is 72.9 Å². The second kappa shape index (κ2) is 7.67. The summed E-state index contributed by atoms with van der Waals surface area (Å²) in [4.78, 5) is 13.1. The van der Waals surface area contributed by atoms with Crippen LogP contribution in [-0.4, -0.2) is 10.5 Å². The molecule has 0 saturated heterocycles. The normalized spacial score (nSPS) is 11.1. The Morgan fingerprint density at radius 2 is 1.63 bits per heavy atom. The molecule has 1 amide bonds. The van der Waals surface area contributed by atoms with E-state index in [-0.39, 0.29) is 5.91 Å². The highest BCUT2D eigenvalue weighted by Crippen LogP contribution is 2.26. The fourth-order valence-electron chi connectivity index (χ4n) is 3.67. The van der Waals surface area contributed by atoms with Gasteiger partial charge < -0.3 is 9.88 Å². The molecule has 4 aromatic rings. The molecule has 3 heteroatoms. The Hall–Kier alpha value is -3.07. The van der Waals surface area contributed by atoms with Gasteiger partial charge in [0.1, 0.15) is 0 Å². The molecule has 136 valence electrons. The molecule has 0 atom stereocenters. The molecule has 3 nitrogen and oxygen atoms in total. The summed E-state index contributed by atoms with van der Waals surface area (Å²) < 4.78 is 2.21. The molecule has 1 N–H and O–H groups in total. The number of nitrogens with one attached hydrogen (secondary N) is 1. The Morgan fingerprint density at radius 3 is 2.48 bits per heavy atom. The summed E-state index contributed by atoms with van der Waals surface area (Å²) in [5.74, 6) is -0.0585. The molecule has 0 aliphatic rings. The molecule has 0 aliphatic heterocycles. The predicted octanol–water partition coefficient (Wildman–Crippen LogP) is 6.24. The van der Waals surface area contributed by atoms with Crippen LogP contribution in [0.1, 0.15) is 36.5 Å². The molecular weight excluding hydrogens is 332 g/mol. The average molecular weight is 356 g/mol. The third kappa shape index (κ3) is 3.45. The first-order valence-corrected chi connectivity index (χ1v) is 9.65. The van der Waals surface area contributed by atoms with Gasteiger partial charge >= 0.3 is 0 Å². The zero-order chi connectivity index (χ0) is 18.6. The third-order valence-electron chi connectivity index (χ3n) is 5.07. The lowest BCUT2D eigenvalue weighted by Crippen LogP contribution is -2.11. The van der Waals surface area contributed by atoms with Crippen LogP contribution in [0.2, 0.25) is 0 Å². The van der Waals surface area contributed by atoms with E-state index in [1.54, 1.807) is 0 Å². The van der Waals surface area contributed by atoms with Crippen LogP contribution in [0.5, 0.6) is 0 Å². The first-order valence-electron chi connectivity index (χ1n) is 9.65. The number of nitrogens with zero attached hydrogens (tertiary/aromatic N) is 1. The molecule has 0 radical (unpaired) electrons. The van der Waals surface area contributed by atoms with Crippen molar-refractivity contribution in [3.05, 3.63) is 78.5 Å². The second-order valence-corrected chi connectivity index (χ2v) is 6.94. The van der Waals surface area contributed by atoms with Gasteiger partial charge in [0.05, 0.1) is 5.56 Å². The number of para-hydroxylation sites is 1. The molecule has 0 aliphatic carbocycles. The Morgan fingerprint density at radius 1 is 0.889 bits per heavy atom. The van der Waals surface area contributed by atoms with Crippen LogP contribution in [-0.2, 0) is 6.54 Å². The Balaban J connectivity index is 1.68. The largest absolute Gasteiger partial charge is 0.347 e. The number of carbonyl (C=O) groups excluding carboxylic acids is 1. The van der Waals surface area contributed by atoms with Crippen LogP contribution in [0.4, 0.5) is 5.69 Å². The highest BCUT2D eigenvalue weighted by atomic mass is 16.1. The van der Waals surface area contributed by atoms with Gasteiger partial charge in [0.2, 0.25) is 0 Å². The number of hydrogen-bond acceptors (Lipinski definition) is 1. The number of carbonyl (C=O) groups is 1. The highest BCUT2D eigenvalue weighted by molar-refractivity contribution is 6.15. The van der Waals surface area contributed by atoms with E-state index in [9.17, 15) is 4.79 Å². The zero-order valence-corrected chi connectivity index (χ0v) is 15.6. The molecule has 4 rings (SSSR count). The second-order valence-electron chi connectivity index (χ2n) is 6.94. The standard InChI is InChI=1S/C24H24N2O/c1-2-3-8-16-26-17-21(20-13-6-7-15-23(20)26)24(27)25-22-14-9-11-18-10-4-5-12-19(18)22/h4-7,9-15,17H,2-3,8,16H2,1H3,(H,25,27). The first-order chi connectivity index (χ1) is 13.3. The third-order valence-corrected chi connectivity index (χ3v) is 5.07. The van der Waals surface area contributed by atoms with E-state index in [1.165, 1.54) is 12.8 Å². The molecule has 0 spiro atoms. The van der Waals surface area contributed by atoms with Crippen molar-refractivity contribution in [3.63, 3.8) is 0 Å². The van der Waals surface area contributed by atoms with Gasteiger partial charge in [0.15, 0.2) is 0 Å². The van der Waals surface area contributed by atoms with Gasteiger partial charge in [-0.15, -0.1) is 0 Å². The average Bonchev–Trinajstić information content (AvgIpc) is 3.08. The van der Waals surface area contributed by atoms with Gasteiger partial charge in [-0.2, -0.15) is 0 Å². The lowest BCUT2D eigenvalue weighted by atomic mass is 10.1. The van der Waals surface area contributed by atoms with Crippen molar-refractivity contribution in [3.8, 4) is 0 Å². The minimum Gasteiger partial charge on any atom is -0.347 e. The number of amides is 1. The van der Waals surface area contributed by atoms with E-state index in [2.05, 4.69) is 35.0 Å². The van der Waals surface area contributed by atoms with Gasteiger partial charge in [-0.3, -0.25) is 4.79 Å². The van der Waals surface area contributed by atoms with Gasteiger partial charge in [0, 0.05) is 34.7 Å². The van der Waals surface area contributed by atoms with Crippen molar-refractivity contribution < 1.29 is 4.79 Å². The summed E-state index contributed by atoms with van der Waals surface area (Å²) in [5, 5.41) is 6.31. The van der Waals surface area contributed by atoms with Crippen LogP contribution < -0.4 is 5.32 Å². The zero-order valence-electron chi connectivity index (χ0n) is 15.6. The Labute approximate surface area is 159 Å². The number of aryl methyl sites for hydroxylation is 1. The van der Waals surface area contributed by atoms with Crippen molar-refractivity contribution in [2.24, 2.45) is 0 Å². The maximum Gasteiger partial charge on any atom is 0.257 e. The van der Waals surface area contributed by atoms with Crippen molar-refractivity contribution in [2.75, 3.05) is 5.32 Å². The van der Waals surface area contributed by atoms with Crippen molar-refractivity contribution in [1.29, 1.82) is 0 Å². The number of rotatable bonds is 6. The summed E-state index contributed by atoms with van der Waals surface area (Å²) in [6, 6.07) is 22.3. The monoisotopic (exact) mass is 356 g/mol. The molecule has 0 fully saturated rings. The lowest BCUT2D eigenvalue weighted by molar-refractivity contribution is 0.102. The number of anilines is 1. The maximum absolute atomic E-state index is 13.1. The minimum atomic E-state index is -0.0585. The number of aromatic nitrogens is 1. The number of benzene rings is 3. The number of fused-ring (bicyclic) bond motifs is 2. The summed E-state index contributed by atoms with van der Waals surface area (Å²) in [6.07, 6.45) is 5.51. The summed E-state index contributed by atoms with van der Waals surface area (Å²) in [7, 11) is 0. The molecule has 0 bridgehead atoms. The quantitative estimate of drug-likeness (QED) is 0.408. The molecule has 3 aromatic carbocycles. The fraction of sp³-hybridized carbons (Fsp3) is 0.208. The minimum absolute atomic E-state index is 0.0585. The van der Waals surface area contributed by atoms with E-state index in [0.29, 0.717) is 0 Å².